The Labute approximate surface area is 171 Å². The Morgan fingerprint density at radius 3 is 2.83 bits per heavy atom. The second-order valence-electron chi connectivity index (χ2n) is 6.88. The number of rotatable bonds is 9. The molecule has 29 heavy (non-hydrogen) atoms. The molecule has 0 aliphatic heterocycles. The Balaban J connectivity index is 1.71. The first-order valence-electron chi connectivity index (χ1n) is 9.94. The van der Waals surface area contributed by atoms with Crippen molar-refractivity contribution in [3.63, 3.8) is 0 Å². The van der Waals surface area contributed by atoms with Gasteiger partial charge in [0.1, 0.15) is 5.75 Å². The SMILES string of the molecule is C\C=C/C(=C\C(=C\CC)C1CC1)c1noc(CNC(=O)c2ccccc2OC)n1. The fraction of sp³-hybridized carbons (Fsp3) is 0.348. The molecule has 0 atom stereocenters. The maximum atomic E-state index is 12.4. The van der Waals surface area contributed by atoms with E-state index in [0.29, 0.717) is 28.9 Å². The van der Waals surface area contributed by atoms with Crippen molar-refractivity contribution in [1.82, 2.24) is 15.5 Å². The normalized spacial score (nSPS) is 15.0. The van der Waals surface area contributed by atoms with Crippen LogP contribution in [-0.4, -0.2) is 23.2 Å². The number of benzene rings is 1. The predicted octanol–water partition coefficient (Wildman–Crippen LogP) is 4.71. The molecule has 0 saturated heterocycles. The molecule has 6 heteroatoms. The number of carbonyl (C=O) groups excluding carboxylic acids is 1. The van der Waals surface area contributed by atoms with E-state index in [1.165, 1.54) is 25.5 Å². The first kappa shape index (κ1) is 20.6. The van der Waals surface area contributed by atoms with Crippen LogP contribution in [-0.2, 0) is 6.54 Å². The van der Waals surface area contributed by atoms with E-state index >= 15 is 0 Å². The molecule has 0 unspecified atom stereocenters. The van der Waals surface area contributed by atoms with Gasteiger partial charge in [-0.15, -0.1) is 0 Å². The zero-order chi connectivity index (χ0) is 20.6. The topological polar surface area (TPSA) is 77.2 Å². The molecule has 1 saturated carbocycles. The highest BCUT2D eigenvalue weighted by Gasteiger charge is 2.25. The van der Waals surface area contributed by atoms with Crippen LogP contribution in [0.3, 0.4) is 0 Å². The molecule has 1 amide bonds. The van der Waals surface area contributed by atoms with Crippen LogP contribution in [0.15, 0.2) is 58.7 Å². The third kappa shape index (κ3) is 5.44. The van der Waals surface area contributed by atoms with Crippen molar-refractivity contribution in [3.05, 3.63) is 71.4 Å². The number of hydrogen-bond donors (Lipinski definition) is 1. The third-order valence-corrected chi connectivity index (χ3v) is 4.64. The number of ether oxygens (including phenoxy) is 1. The molecular weight excluding hydrogens is 366 g/mol. The van der Waals surface area contributed by atoms with Crippen molar-refractivity contribution in [2.75, 3.05) is 7.11 Å². The quantitative estimate of drug-likeness (QED) is 0.624. The fourth-order valence-corrected chi connectivity index (χ4v) is 3.07. The van der Waals surface area contributed by atoms with E-state index < -0.39 is 0 Å². The first-order chi connectivity index (χ1) is 14.2. The Bertz CT molecular complexity index is 936. The average Bonchev–Trinajstić information content (AvgIpc) is 3.48. The summed E-state index contributed by atoms with van der Waals surface area (Å²) < 4.78 is 10.6. The number of nitrogens with one attached hydrogen (secondary N) is 1. The van der Waals surface area contributed by atoms with Gasteiger partial charge in [-0.05, 0) is 55.9 Å². The van der Waals surface area contributed by atoms with E-state index in [4.69, 9.17) is 9.26 Å². The molecule has 6 nitrogen and oxygen atoms in total. The Hall–Kier alpha value is -3.15. The van der Waals surface area contributed by atoms with Gasteiger partial charge in [-0.2, -0.15) is 4.98 Å². The molecule has 3 rings (SSSR count). The summed E-state index contributed by atoms with van der Waals surface area (Å²) in [5.41, 5.74) is 2.70. The zero-order valence-electron chi connectivity index (χ0n) is 17.1. The van der Waals surface area contributed by atoms with Crippen LogP contribution in [0.2, 0.25) is 0 Å². The molecule has 1 heterocycles. The maximum absolute atomic E-state index is 12.4. The van der Waals surface area contributed by atoms with Crippen molar-refractivity contribution in [3.8, 4) is 5.75 Å². The lowest BCUT2D eigenvalue weighted by atomic mass is 10.1. The number of carbonyl (C=O) groups is 1. The standard InChI is InChI=1S/C23H27N3O3/c1-4-8-17(16-12-13-16)14-18(9-5-2)22-25-21(29-26-22)15-24-23(27)19-10-6-7-11-20(19)28-3/h5-11,14,16H,4,12-13,15H2,1-3H3,(H,24,27)/b9-5-,17-8-,18-14+. The smallest absolute Gasteiger partial charge is 0.255 e. The minimum atomic E-state index is -0.256. The molecular formula is C23H27N3O3. The molecule has 0 spiro atoms. The van der Waals surface area contributed by atoms with Crippen molar-refractivity contribution < 1.29 is 14.1 Å². The van der Waals surface area contributed by atoms with Crippen molar-refractivity contribution in [2.24, 2.45) is 5.92 Å². The average molecular weight is 393 g/mol. The lowest BCUT2D eigenvalue weighted by Crippen LogP contribution is -2.23. The second-order valence-corrected chi connectivity index (χ2v) is 6.88. The van der Waals surface area contributed by atoms with Crippen LogP contribution < -0.4 is 10.1 Å². The van der Waals surface area contributed by atoms with Gasteiger partial charge in [0, 0.05) is 5.57 Å². The van der Waals surface area contributed by atoms with E-state index in [-0.39, 0.29) is 12.5 Å². The summed E-state index contributed by atoms with van der Waals surface area (Å²) in [6.07, 6.45) is 11.8. The molecule has 0 bridgehead atoms. The van der Waals surface area contributed by atoms with Crippen molar-refractivity contribution in [1.29, 1.82) is 0 Å². The number of para-hydroxylation sites is 1. The Morgan fingerprint density at radius 2 is 2.14 bits per heavy atom. The van der Waals surface area contributed by atoms with Gasteiger partial charge in [0.25, 0.3) is 5.91 Å². The lowest BCUT2D eigenvalue weighted by molar-refractivity contribution is 0.0943. The second kappa shape index (κ2) is 9.87. The van der Waals surface area contributed by atoms with Gasteiger partial charge in [-0.1, -0.05) is 42.4 Å². The minimum Gasteiger partial charge on any atom is -0.496 e. The van der Waals surface area contributed by atoms with Crippen molar-refractivity contribution >= 4 is 11.5 Å². The van der Waals surface area contributed by atoms with E-state index in [2.05, 4.69) is 34.5 Å². The fourth-order valence-electron chi connectivity index (χ4n) is 3.07. The summed E-state index contributed by atoms with van der Waals surface area (Å²) in [7, 11) is 1.54. The summed E-state index contributed by atoms with van der Waals surface area (Å²) in [4.78, 5) is 16.9. The number of amides is 1. The molecule has 1 aliphatic carbocycles. The third-order valence-electron chi connectivity index (χ3n) is 4.64. The van der Waals surface area contributed by atoms with Gasteiger partial charge >= 0.3 is 0 Å². The Kier molecular flexibility index (Phi) is 7.00. The van der Waals surface area contributed by atoms with Gasteiger partial charge in [-0.25, -0.2) is 0 Å². The molecule has 2 aromatic rings. The number of nitrogens with zero attached hydrogens (tertiary/aromatic N) is 2. The van der Waals surface area contributed by atoms with Crippen LogP contribution in [0.1, 0.15) is 55.2 Å². The summed E-state index contributed by atoms with van der Waals surface area (Å²) in [6, 6.07) is 7.06. The zero-order valence-corrected chi connectivity index (χ0v) is 17.1. The van der Waals surface area contributed by atoms with Crippen LogP contribution in [0, 0.1) is 5.92 Å². The highest BCUT2D eigenvalue weighted by molar-refractivity contribution is 5.96. The first-order valence-corrected chi connectivity index (χ1v) is 9.94. The van der Waals surface area contributed by atoms with Crippen LogP contribution in [0.5, 0.6) is 5.75 Å². The van der Waals surface area contributed by atoms with E-state index in [9.17, 15) is 4.79 Å². The number of methoxy groups -OCH3 is 1. The molecule has 1 N–H and O–H groups in total. The van der Waals surface area contributed by atoms with Gasteiger partial charge < -0.3 is 14.6 Å². The summed E-state index contributed by atoms with van der Waals surface area (Å²) in [5, 5.41) is 6.90. The van der Waals surface area contributed by atoms with Gasteiger partial charge in [-0.3, -0.25) is 4.79 Å². The van der Waals surface area contributed by atoms with Gasteiger partial charge in [0.15, 0.2) is 0 Å². The van der Waals surface area contributed by atoms with Crippen molar-refractivity contribution in [2.45, 2.75) is 39.7 Å². The highest BCUT2D eigenvalue weighted by atomic mass is 16.5. The molecule has 1 aromatic carbocycles. The molecule has 152 valence electrons. The molecule has 1 aromatic heterocycles. The predicted molar refractivity (Wildman–Crippen MR) is 112 cm³/mol. The minimum absolute atomic E-state index is 0.146. The van der Waals surface area contributed by atoms with Crippen LogP contribution in [0.4, 0.5) is 0 Å². The summed E-state index contributed by atoms with van der Waals surface area (Å²) in [6.45, 7) is 4.25. The highest BCUT2D eigenvalue weighted by Crippen LogP contribution is 2.38. The monoisotopic (exact) mass is 393 g/mol. The number of aromatic nitrogens is 2. The molecule has 1 aliphatic rings. The van der Waals surface area contributed by atoms with Crippen LogP contribution in [0.25, 0.3) is 5.57 Å². The van der Waals surface area contributed by atoms with E-state index in [1.54, 1.807) is 18.2 Å². The summed E-state index contributed by atoms with van der Waals surface area (Å²) >= 11 is 0. The Morgan fingerprint density at radius 1 is 1.34 bits per heavy atom. The molecule has 1 fully saturated rings. The van der Waals surface area contributed by atoms with Crippen LogP contribution >= 0.6 is 0 Å². The van der Waals surface area contributed by atoms with Gasteiger partial charge in [0.05, 0.1) is 19.2 Å². The summed E-state index contributed by atoms with van der Waals surface area (Å²) in [5.74, 6) is 1.78. The largest absolute Gasteiger partial charge is 0.496 e. The van der Waals surface area contributed by atoms with E-state index in [0.717, 1.165) is 12.0 Å². The maximum Gasteiger partial charge on any atom is 0.255 e. The van der Waals surface area contributed by atoms with Gasteiger partial charge in [0.2, 0.25) is 11.7 Å². The number of allylic oxidation sites excluding steroid dienone is 6. The molecule has 0 radical (unpaired) electrons. The lowest BCUT2D eigenvalue weighted by Gasteiger charge is -2.07. The van der Waals surface area contributed by atoms with E-state index in [1.807, 2.05) is 25.1 Å². The number of hydrogen-bond acceptors (Lipinski definition) is 5.